The zero-order chi connectivity index (χ0) is 13.6. The summed E-state index contributed by atoms with van der Waals surface area (Å²) in [6, 6.07) is 6.91. The number of imidazole rings is 1. The first-order valence-corrected chi connectivity index (χ1v) is 7.39. The molecule has 1 aliphatic rings. The van der Waals surface area contributed by atoms with Crippen LogP contribution in [0.1, 0.15) is 0 Å². The van der Waals surface area contributed by atoms with Crippen LogP contribution in [0.3, 0.4) is 0 Å². The Hall–Kier alpha value is -1.62. The van der Waals surface area contributed by atoms with Gasteiger partial charge in [-0.25, -0.2) is 13.4 Å². The predicted octanol–water partition coefficient (Wildman–Crippen LogP) is 1.22. The Balaban J connectivity index is 2.25. The SMILES string of the molecule is N#CCN1CCn2c(nc3ccc(Cl)cc32)S1(=O)=O. The number of sulfonamides is 1. The van der Waals surface area contributed by atoms with E-state index in [2.05, 4.69) is 4.98 Å². The van der Waals surface area contributed by atoms with Gasteiger partial charge in [0.15, 0.2) is 0 Å². The standard InChI is InChI=1S/C11H9ClN4O2S/c12-8-1-2-9-10(7-8)16-6-5-15(4-3-13)19(17,18)11(16)14-9/h1-2,7H,4-6H2. The van der Waals surface area contributed by atoms with Crippen molar-refractivity contribution in [1.82, 2.24) is 13.9 Å². The van der Waals surface area contributed by atoms with Crippen molar-refractivity contribution in [1.29, 1.82) is 5.26 Å². The lowest BCUT2D eigenvalue weighted by atomic mass is 10.3. The fourth-order valence-electron chi connectivity index (χ4n) is 2.18. The van der Waals surface area contributed by atoms with E-state index in [-0.39, 0.29) is 18.2 Å². The lowest BCUT2D eigenvalue weighted by Gasteiger charge is -2.24. The van der Waals surface area contributed by atoms with Gasteiger partial charge in [-0.15, -0.1) is 0 Å². The van der Waals surface area contributed by atoms with E-state index < -0.39 is 10.0 Å². The van der Waals surface area contributed by atoms with Gasteiger partial charge in [0.25, 0.3) is 10.0 Å². The second-order valence-electron chi connectivity index (χ2n) is 4.18. The summed E-state index contributed by atoms with van der Waals surface area (Å²) < 4.78 is 27.4. The van der Waals surface area contributed by atoms with Gasteiger partial charge in [-0.3, -0.25) is 0 Å². The molecule has 8 heteroatoms. The van der Waals surface area contributed by atoms with Crippen LogP contribution in [-0.4, -0.2) is 35.4 Å². The largest absolute Gasteiger partial charge is 0.312 e. The van der Waals surface area contributed by atoms with Gasteiger partial charge < -0.3 is 4.57 Å². The van der Waals surface area contributed by atoms with Gasteiger partial charge in [-0.1, -0.05) is 11.6 Å². The third-order valence-electron chi connectivity index (χ3n) is 3.07. The molecular weight excluding hydrogens is 288 g/mol. The molecule has 0 saturated carbocycles. The molecule has 0 saturated heterocycles. The van der Waals surface area contributed by atoms with Crippen LogP contribution in [0.25, 0.3) is 11.0 Å². The number of hydrogen-bond acceptors (Lipinski definition) is 4. The highest BCUT2D eigenvalue weighted by Gasteiger charge is 2.34. The summed E-state index contributed by atoms with van der Waals surface area (Å²) >= 11 is 5.92. The molecule has 98 valence electrons. The smallest absolute Gasteiger partial charge is 0.278 e. The van der Waals surface area contributed by atoms with Crippen LogP contribution >= 0.6 is 11.6 Å². The van der Waals surface area contributed by atoms with Crippen molar-refractivity contribution < 1.29 is 8.42 Å². The number of aromatic nitrogens is 2. The maximum Gasteiger partial charge on any atom is 0.278 e. The van der Waals surface area contributed by atoms with Crippen molar-refractivity contribution >= 4 is 32.7 Å². The first-order valence-electron chi connectivity index (χ1n) is 5.57. The number of fused-ring (bicyclic) bond motifs is 3. The highest BCUT2D eigenvalue weighted by atomic mass is 35.5. The molecule has 1 aromatic carbocycles. The summed E-state index contributed by atoms with van der Waals surface area (Å²) in [5.74, 6) is 0. The van der Waals surface area contributed by atoms with Crippen LogP contribution in [0.15, 0.2) is 23.4 Å². The lowest BCUT2D eigenvalue weighted by molar-refractivity contribution is 0.381. The molecule has 1 aromatic heterocycles. The molecule has 1 aliphatic heterocycles. The summed E-state index contributed by atoms with van der Waals surface area (Å²) in [5.41, 5.74) is 1.28. The molecule has 0 fully saturated rings. The van der Waals surface area contributed by atoms with Crippen molar-refractivity contribution in [2.45, 2.75) is 11.7 Å². The minimum absolute atomic E-state index is 0.0220. The topological polar surface area (TPSA) is 79.0 Å². The van der Waals surface area contributed by atoms with Crippen molar-refractivity contribution in [3.05, 3.63) is 23.2 Å². The number of nitrogens with zero attached hydrogens (tertiary/aromatic N) is 4. The molecule has 0 amide bonds. The second kappa shape index (κ2) is 4.20. The zero-order valence-corrected chi connectivity index (χ0v) is 11.3. The predicted molar refractivity (Wildman–Crippen MR) is 69.1 cm³/mol. The monoisotopic (exact) mass is 296 g/mol. The molecule has 2 aromatic rings. The second-order valence-corrected chi connectivity index (χ2v) is 6.44. The summed E-state index contributed by atoms with van der Waals surface area (Å²) in [7, 11) is -3.70. The van der Waals surface area contributed by atoms with Crippen molar-refractivity contribution in [2.24, 2.45) is 0 Å². The minimum Gasteiger partial charge on any atom is -0.312 e. The number of nitriles is 1. The van der Waals surface area contributed by atoms with Crippen LogP contribution < -0.4 is 0 Å². The minimum atomic E-state index is -3.70. The Morgan fingerprint density at radius 1 is 1.42 bits per heavy atom. The molecule has 0 atom stereocenters. The molecule has 0 bridgehead atoms. The number of rotatable bonds is 1. The van der Waals surface area contributed by atoms with E-state index in [1.54, 1.807) is 22.8 Å². The van der Waals surface area contributed by atoms with Gasteiger partial charge >= 0.3 is 0 Å². The molecule has 0 aliphatic carbocycles. The van der Waals surface area contributed by atoms with E-state index in [1.807, 2.05) is 6.07 Å². The fraction of sp³-hybridized carbons (Fsp3) is 0.273. The molecular formula is C11H9ClN4O2S. The van der Waals surface area contributed by atoms with E-state index >= 15 is 0 Å². The molecule has 19 heavy (non-hydrogen) atoms. The van der Waals surface area contributed by atoms with Crippen LogP contribution in [0, 0.1) is 11.3 Å². The van der Waals surface area contributed by atoms with E-state index in [0.717, 1.165) is 4.31 Å². The highest BCUT2D eigenvalue weighted by molar-refractivity contribution is 7.89. The van der Waals surface area contributed by atoms with Gasteiger partial charge in [-0.2, -0.15) is 9.57 Å². The average Bonchev–Trinajstić information content (AvgIpc) is 2.72. The fourth-order valence-corrected chi connectivity index (χ4v) is 3.81. The lowest BCUT2D eigenvalue weighted by Crippen LogP contribution is -2.40. The van der Waals surface area contributed by atoms with Crippen molar-refractivity contribution in [3.8, 4) is 6.07 Å². The Bertz CT molecular complexity index is 806. The molecule has 0 N–H and O–H groups in total. The van der Waals surface area contributed by atoms with Gasteiger partial charge in [-0.05, 0) is 18.2 Å². The molecule has 0 unspecified atom stereocenters. The zero-order valence-electron chi connectivity index (χ0n) is 9.74. The maximum absolute atomic E-state index is 12.3. The Morgan fingerprint density at radius 2 is 2.21 bits per heavy atom. The van der Waals surface area contributed by atoms with Crippen LogP contribution in [0.2, 0.25) is 5.02 Å². The molecule has 2 heterocycles. The Labute approximate surface area is 114 Å². The van der Waals surface area contributed by atoms with Crippen LogP contribution in [-0.2, 0) is 16.6 Å². The highest BCUT2D eigenvalue weighted by Crippen LogP contribution is 2.27. The van der Waals surface area contributed by atoms with Crippen LogP contribution in [0.5, 0.6) is 0 Å². The normalized spacial score (nSPS) is 18.1. The summed E-state index contributed by atoms with van der Waals surface area (Å²) in [4.78, 5) is 4.14. The number of hydrogen-bond donors (Lipinski definition) is 0. The first-order chi connectivity index (χ1) is 9.04. The van der Waals surface area contributed by atoms with E-state index in [9.17, 15) is 8.42 Å². The van der Waals surface area contributed by atoms with Gasteiger partial charge in [0, 0.05) is 18.1 Å². The molecule has 3 rings (SSSR count). The molecule has 0 spiro atoms. The van der Waals surface area contributed by atoms with Gasteiger partial charge in [0.1, 0.15) is 6.54 Å². The third kappa shape index (κ3) is 1.80. The number of halogens is 1. The van der Waals surface area contributed by atoms with Gasteiger partial charge in [0.05, 0.1) is 17.1 Å². The number of benzene rings is 1. The van der Waals surface area contributed by atoms with E-state index in [1.165, 1.54) is 0 Å². The van der Waals surface area contributed by atoms with E-state index in [4.69, 9.17) is 16.9 Å². The Kier molecular flexibility index (Phi) is 2.74. The Morgan fingerprint density at radius 3 is 2.95 bits per heavy atom. The molecule has 6 nitrogen and oxygen atoms in total. The quantitative estimate of drug-likeness (QED) is 0.741. The summed E-state index contributed by atoms with van der Waals surface area (Å²) in [6.45, 7) is 0.570. The maximum atomic E-state index is 12.3. The first kappa shape index (κ1) is 12.4. The van der Waals surface area contributed by atoms with Crippen molar-refractivity contribution in [2.75, 3.05) is 13.1 Å². The third-order valence-corrected chi connectivity index (χ3v) is 5.07. The average molecular weight is 297 g/mol. The summed E-state index contributed by atoms with van der Waals surface area (Å²) in [5, 5.41) is 9.19. The van der Waals surface area contributed by atoms with Crippen molar-refractivity contribution in [3.63, 3.8) is 0 Å². The molecule has 0 radical (unpaired) electrons. The van der Waals surface area contributed by atoms with E-state index in [0.29, 0.717) is 22.6 Å². The summed E-state index contributed by atoms with van der Waals surface area (Å²) in [6.07, 6.45) is 0. The van der Waals surface area contributed by atoms with Crippen LogP contribution in [0.4, 0.5) is 0 Å². The van der Waals surface area contributed by atoms with Gasteiger partial charge in [0.2, 0.25) is 5.16 Å².